The molecule has 0 aromatic carbocycles. The number of aryl methyl sites for hydroxylation is 2. The number of carbonyl (C=O) groups excluding carboxylic acids is 2. The zero-order valence-corrected chi connectivity index (χ0v) is 14.1. The van der Waals surface area contributed by atoms with Gasteiger partial charge in [0.15, 0.2) is 0 Å². The lowest BCUT2D eigenvalue weighted by Crippen LogP contribution is -2.38. The number of aromatic nitrogens is 2. The minimum absolute atomic E-state index is 0.0217. The van der Waals surface area contributed by atoms with Gasteiger partial charge in [-0.05, 0) is 38.8 Å². The van der Waals surface area contributed by atoms with Crippen molar-refractivity contribution in [2.75, 3.05) is 6.54 Å². The molecule has 2 N–H and O–H groups in total. The topological polar surface area (TPSA) is 81.2 Å². The Balaban J connectivity index is 1.76. The fraction of sp³-hybridized carbons (Fsp3) is 0.438. The molecule has 7 heteroatoms. The zero-order chi connectivity index (χ0) is 16.6. The first-order valence-electron chi connectivity index (χ1n) is 7.66. The Morgan fingerprint density at radius 1 is 1.39 bits per heavy atom. The summed E-state index contributed by atoms with van der Waals surface area (Å²) in [6.45, 7) is 5.45. The molecule has 3 heterocycles. The molecule has 0 bridgehead atoms. The number of likely N-dealkylation sites (tertiary alicyclic amines) is 1. The Hall–Kier alpha value is -2.15. The van der Waals surface area contributed by atoms with Gasteiger partial charge in [0.05, 0.1) is 28.7 Å². The van der Waals surface area contributed by atoms with Crippen molar-refractivity contribution < 1.29 is 9.59 Å². The second-order valence-electron chi connectivity index (χ2n) is 5.97. The number of nitrogens with two attached hydrogens (primary N) is 1. The average molecular weight is 332 g/mol. The summed E-state index contributed by atoms with van der Waals surface area (Å²) in [5.41, 5.74) is 7.75. The third kappa shape index (κ3) is 3.14. The molecule has 0 aliphatic carbocycles. The van der Waals surface area contributed by atoms with Crippen molar-refractivity contribution in [1.82, 2.24) is 14.7 Å². The molecule has 2 aromatic rings. The molecule has 1 aliphatic heterocycles. The van der Waals surface area contributed by atoms with Gasteiger partial charge in [-0.2, -0.15) is 5.10 Å². The van der Waals surface area contributed by atoms with E-state index in [1.807, 2.05) is 29.5 Å². The Morgan fingerprint density at radius 2 is 2.17 bits per heavy atom. The molecule has 2 aromatic heterocycles. The predicted molar refractivity (Wildman–Crippen MR) is 88.6 cm³/mol. The quantitative estimate of drug-likeness (QED) is 0.929. The van der Waals surface area contributed by atoms with Crippen LogP contribution >= 0.6 is 11.3 Å². The molecule has 0 spiro atoms. The lowest BCUT2D eigenvalue weighted by atomic mass is 10.2. The predicted octanol–water partition coefficient (Wildman–Crippen LogP) is 1.97. The average Bonchev–Trinajstić information content (AvgIpc) is 3.20. The number of thiophene rings is 1. The normalized spacial score (nSPS) is 17.7. The smallest absolute Gasteiger partial charge is 0.264 e. The summed E-state index contributed by atoms with van der Waals surface area (Å²) in [7, 11) is 0. The second-order valence-corrected chi connectivity index (χ2v) is 6.88. The van der Waals surface area contributed by atoms with Gasteiger partial charge in [0.25, 0.3) is 5.91 Å². The van der Waals surface area contributed by atoms with Gasteiger partial charge >= 0.3 is 0 Å². The highest BCUT2D eigenvalue weighted by atomic mass is 32.1. The first-order chi connectivity index (χ1) is 11.0. The van der Waals surface area contributed by atoms with Gasteiger partial charge in [0, 0.05) is 17.6 Å². The Bertz CT molecular complexity index is 749. The van der Waals surface area contributed by atoms with E-state index in [-0.39, 0.29) is 11.9 Å². The highest BCUT2D eigenvalue weighted by Gasteiger charge is 2.31. The van der Waals surface area contributed by atoms with E-state index in [2.05, 4.69) is 5.10 Å². The fourth-order valence-corrected chi connectivity index (χ4v) is 3.92. The van der Waals surface area contributed by atoms with Crippen LogP contribution in [0.2, 0.25) is 0 Å². The van der Waals surface area contributed by atoms with Crippen molar-refractivity contribution in [3.8, 4) is 0 Å². The van der Waals surface area contributed by atoms with Crippen LogP contribution in [0.3, 0.4) is 0 Å². The Labute approximate surface area is 138 Å². The summed E-state index contributed by atoms with van der Waals surface area (Å²) in [4.78, 5) is 26.4. The van der Waals surface area contributed by atoms with Crippen LogP contribution in [0.25, 0.3) is 0 Å². The highest BCUT2D eigenvalue weighted by Crippen LogP contribution is 2.25. The third-order valence-electron chi connectivity index (χ3n) is 4.22. The SMILES string of the molecule is Cc1cc(C)n(C[C@H]2CCCN2C(=O)c2cc(C(N)=O)cs2)n1. The van der Waals surface area contributed by atoms with E-state index in [0.717, 1.165) is 30.8 Å². The van der Waals surface area contributed by atoms with Crippen LogP contribution in [0, 0.1) is 13.8 Å². The van der Waals surface area contributed by atoms with E-state index in [1.54, 1.807) is 11.4 Å². The van der Waals surface area contributed by atoms with E-state index in [0.29, 0.717) is 17.0 Å². The molecule has 1 saturated heterocycles. The summed E-state index contributed by atoms with van der Waals surface area (Å²) in [6, 6.07) is 3.77. The lowest BCUT2D eigenvalue weighted by molar-refractivity contribution is 0.0726. The lowest BCUT2D eigenvalue weighted by Gasteiger charge is -2.24. The minimum atomic E-state index is -0.499. The van der Waals surface area contributed by atoms with E-state index in [9.17, 15) is 9.59 Å². The number of hydrogen-bond donors (Lipinski definition) is 1. The molecule has 122 valence electrons. The molecular formula is C16H20N4O2S. The van der Waals surface area contributed by atoms with Crippen molar-refractivity contribution in [2.45, 2.75) is 39.3 Å². The second kappa shape index (κ2) is 6.16. The number of primary amides is 1. The van der Waals surface area contributed by atoms with E-state index in [1.165, 1.54) is 11.3 Å². The summed E-state index contributed by atoms with van der Waals surface area (Å²) >= 11 is 1.27. The molecule has 23 heavy (non-hydrogen) atoms. The van der Waals surface area contributed by atoms with Gasteiger partial charge in [-0.15, -0.1) is 11.3 Å². The molecule has 0 radical (unpaired) electrons. The number of hydrogen-bond acceptors (Lipinski definition) is 4. The van der Waals surface area contributed by atoms with Crippen molar-refractivity contribution in [3.63, 3.8) is 0 Å². The molecule has 2 amide bonds. The maximum Gasteiger partial charge on any atom is 0.264 e. The monoisotopic (exact) mass is 332 g/mol. The van der Waals surface area contributed by atoms with E-state index >= 15 is 0 Å². The van der Waals surface area contributed by atoms with Gasteiger partial charge in [-0.1, -0.05) is 0 Å². The summed E-state index contributed by atoms with van der Waals surface area (Å²) in [5, 5.41) is 6.13. The maximum absolute atomic E-state index is 12.7. The van der Waals surface area contributed by atoms with Gasteiger partial charge in [-0.25, -0.2) is 0 Å². The summed E-state index contributed by atoms with van der Waals surface area (Å²) < 4.78 is 1.97. The van der Waals surface area contributed by atoms with Crippen LogP contribution in [0.1, 0.15) is 44.3 Å². The van der Waals surface area contributed by atoms with Crippen LogP contribution in [0.4, 0.5) is 0 Å². The van der Waals surface area contributed by atoms with Crippen molar-refractivity contribution >= 4 is 23.2 Å². The minimum Gasteiger partial charge on any atom is -0.366 e. The number of carbonyl (C=O) groups is 2. The first-order valence-corrected chi connectivity index (χ1v) is 8.54. The fourth-order valence-electron chi connectivity index (χ4n) is 3.07. The van der Waals surface area contributed by atoms with Gasteiger partial charge in [0.1, 0.15) is 0 Å². The number of nitrogens with zero attached hydrogens (tertiary/aromatic N) is 3. The molecule has 1 atom stereocenters. The van der Waals surface area contributed by atoms with Crippen molar-refractivity contribution in [2.24, 2.45) is 5.73 Å². The van der Waals surface area contributed by atoms with Crippen LogP contribution in [-0.4, -0.2) is 39.1 Å². The molecule has 1 fully saturated rings. The van der Waals surface area contributed by atoms with Crippen LogP contribution < -0.4 is 5.73 Å². The first kappa shape index (κ1) is 15.7. The molecule has 0 unspecified atom stereocenters. The third-order valence-corrected chi connectivity index (χ3v) is 5.14. The molecular weight excluding hydrogens is 312 g/mol. The zero-order valence-electron chi connectivity index (χ0n) is 13.3. The van der Waals surface area contributed by atoms with Crippen LogP contribution in [0.5, 0.6) is 0 Å². The van der Waals surface area contributed by atoms with Gasteiger partial charge in [-0.3, -0.25) is 14.3 Å². The summed E-state index contributed by atoms with van der Waals surface area (Å²) in [5.74, 6) is -0.521. The summed E-state index contributed by atoms with van der Waals surface area (Å²) in [6.07, 6.45) is 1.96. The standard InChI is InChI=1S/C16H20N4O2S/c1-10-6-11(2)20(18-10)8-13-4-3-5-19(13)16(22)14-7-12(9-23-14)15(17)21/h6-7,9,13H,3-5,8H2,1-2H3,(H2,17,21)/t13-/m1/s1. The largest absolute Gasteiger partial charge is 0.366 e. The molecule has 0 saturated carbocycles. The number of amides is 2. The Morgan fingerprint density at radius 3 is 2.78 bits per heavy atom. The van der Waals surface area contributed by atoms with Crippen molar-refractivity contribution in [3.05, 3.63) is 39.3 Å². The van der Waals surface area contributed by atoms with E-state index in [4.69, 9.17) is 5.73 Å². The Kier molecular flexibility index (Phi) is 4.21. The highest BCUT2D eigenvalue weighted by molar-refractivity contribution is 7.12. The molecule has 6 nitrogen and oxygen atoms in total. The molecule has 1 aliphatic rings. The van der Waals surface area contributed by atoms with Crippen molar-refractivity contribution in [1.29, 1.82) is 0 Å². The van der Waals surface area contributed by atoms with E-state index < -0.39 is 5.91 Å². The van der Waals surface area contributed by atoms with Gasteiger partial charge < -0.3 is 10.6 Å². The maximum atomic E-state index is 12.7. The van der Waals surface area contributed by atoms with Crippen LogP contribution in [-0.2, 0) is 6.54 Å². The number of rotatable bonds is 4. The van der Waals surface area contributed by atoms with Crippen LogP contribution in [0.15, 0.2) is 17.5 Å². The van der Waals surface area contributed by atoms with Gasteiger partial charge in [0.2, 0.25) is 5.91 Å². The molecule has 3 rings (SSSR count).